The predicted molar refractivity (Wildman–Crippen MR) is 30.9 cm³/mol. The van der Waals surface area contributed by atoms with Crippen LogP contribution in [-0.2, 0) is 0 Å². The van der Waals surface area contributed by atoms with E-state index in [9.17, 15) is 0 Å². The summed E-state index contributed by atoms with van der Waals surface area (Å²) < 4.78 is 5.62. The molecule has 0 amide bonds. The molecular weight excluding hydrogens is 156 g/mol. The van der Waals surface area contributed by atoms with Crippen LogP contribution < -0.4 is 0 Å². The molecule has 0 aliphatic heterocycles. The van der Waals surface area contributed by atoms with Crippen LogP contribution in [0, 0.1) is 6.92 Å². The summed E-state index contributed by atoms with van der Waals surface area (Å²) >= 11 is 3.13. The van der Waals surface area contributed by atoms with Crippen molar-refractivity contribution in [1.29, 1.82) is 0 Å². The number of furan rings is 1. The lowest BCUT2D eigenvalue weighted by atomic mass is 10.5. The average Bonchev–Trinajstić information content (AvgIpc) is 1.87. The van der Waals surface area contributed by atoms with E-state index in [-0.39, 0.29) is 0 Å². The highest BCUT2D eigenvalue weighted by Crippen LogP contribution is 2.11. The SMILES string of the molecule is [CH2]c1ccc(Br)o1. The Hall–Kier alpha value is -0.240. The second-order valence-corrected chi connectivity index (χ2v) is 1.99. The maximum Gasteiger partial charge on any atom is 0.169 e. The minimum absolute atomic E-state index is 0.687. The van der Waals surface area contributed by atoms with Crippen molar-refractivity contribution < 1.29 is 4.42 Å². The van der Waals surface area contributed by atoms with Crippen LogP contribution in [0.2, 0.25) is 0 Å². The van der Waals surface area contributed by atoms with Crippen molar-refractivity contribution in [2.24, 2.45) is 0 Å². The highest BCUT2D eigenvalue weighted by atomic mass is 79.9. The fourth-order valence-electron chi connectivity index (χ4n) is 0.352. The zero-order valence-corrected chi connectivity index (χ0v) is 5.23. The van der Waals surface area contributed by atoms with Crippen LogP contribution in [0.3, 0.4) is 0 Å². The van der Waals surface area contributed by atoms with Crippen LogP contribution in [0.1, 0.15) is 5.76 Å². The van der Waals surface area contributed by atoms with Gasteiger partial charge in [-0.3, -0.25) is 0 Å². The summed E-state index contributed by atoms with van der Waals surface area (Å²) in [5.74, 6) is 0.687. The van der Waals surface area contributed by atoms with Gasteiger partial charge in [-0.25, -0.2) is 0 Å². The van der Waals surface area contributed by atoms with E-state index < -0.39 is 0 Å². The molecule has 1 rings (SSSR count). The van der Waals surface area contributed by atoms with Gasteiger partial charge in [-0.1, -0.05) is 0 Å². The van der Waals surface area contributed by atoms with Gasteiger partial charge in [0.2, 0.25) is 0 Å². The number of rotatable bonds is 0. The molecule has 7 heavy (non-hydrogen) atoms. The molecule has 1 aromatic heterocycles. The summed E-state index contributed by atoms with van der Waals surface area (Å²) in [5, 5.41) is 0. The Kier molecular flexibility index (Phi) is 1.19. The Morgan fingerprint density at radius 3 is 2.43 bits per heavy atom. The molecule has 0 aliphatic rings. The molecule has 1 aromatic rings. The van der Waals surface area contributed by atoms with Crippen molar-refractivity contribution in [2.45, 2.75) is 0 Å². The second kappa shape index (κ2) is 1.70. The van der Waals surface area contributed by atoms with Crippen molar-refractivity contribution in [1.82, 2.24) is 0 Å². The van der Waals surface area contributed by atoms with Gasteiger partial charge in [0.15, 0.2) is 4.67 Å². The first-order chi connectivity index (χ1) is 3.29. The normalized spacial score (nSPS) is 9.43. The number of hydrogen-bond acceptors (Lipinski definition) is 1. The molecule has 2 heteroatoms. The molecule has 1 heterocycles. The van der Waals surface area contributed by atoms with Gasteiger partial charge in [-0.05, 0) is 28.1 Å². The Bertz CT molecular complexity index is 140. The van der Waals surface area contributed by atoms with Crippen molar-refractivity contribution in [3.8, 4) is 0 Å². The fraction of sp³-hybridized carbons (Fsp3) is 0. The van der Waals surface area contributed by atoms with E-state index in [1.54, 1.807) is 6.07 Å². The van der Waals surface area contributed by atoms with Crippen molar-refractivity contribution in [3.63, 3.8) is 0 Å². The molecule has 37 valence electrons. The van der Waals surface area contributed by atoms with Crippen LogP contribution in [0.15, 0.2) is 21.2 Å². The van der Waals surface area contributed by atoms with Crippen LogP contribution in [0.4, 0.5) is 0 Å². The van der Waals surface area contributed by atoms with Crippen molar-refractivity contribution in [3.05, 3.63) is 29.5 Å². The lowest BCUT2D eigenvalue weighted by Crippen LogP contribution is -1.49. The van der Waals surface area contributed by atoms with Gasteiger partial charge in [0, 0.05) is 6.92 Å². The molecular formula is C5H4BrO. The Morgan fingerprint density at radius 1 is 1.57 bits per heavy atom. The second-order valence-electron chi connectivity index (χ2n) is 1.21. The highest BCUT2D eigenvalue weighted by Gasteiger charge is 1.87. The van der Waals surface area contributed by atoms with Gasteiger partial charge in [0.05, 0.1) is 0 Å². The van der Waals surface area contributed by atoms with Gasteiger partial charge in [0.25, 0.3) is 0 Å². The largest absolute Gasteiger partial charge is 0.454 e. The van der Waals surface area contributed by atoms with Crippen molar-refractivity contribution in [2.75, 3.05) is 0 Å². The Morgan fingerprint density at radius 2 is 2.29 bits per heavy atom. The van der Waals surface area contributed by atoms with E-state index in [1.165, 1.54) is 0 Å². The summed E-state index contributed by atoms with van der Waals surface area (Å²) in [6, 6.07) is 3.60. The molecule has 0 saturated heterocycles. The average molecular weight is 160 g/mol. The topological polar surface area (TPSA) is 13.1 Å². The van der Waals surface area contributed by atoms with E-state index in [1.807, 2.05) is 6.07 Å². The molecule has 0 atom stereocenters. The van der Waals surface area contributed by atoms with E-state index in [2.05, 4.69) is 22.9 Å². The number of halogens is 1. The molecule has 0 aliphatic carbocycles. The molecule has 0 saturated carbocycles. The molecule has 1 radical (unpaired) electrons. The van der Waals surface area contributed by atoms with E-state index in [0.29, 0.717) is 5.76 Å². The van der Waals surface area contributed by atoms with Gasteiger partial charge < -0.3 is 4.42 Å². The highest BCUT2D eigenvalue weighted by molar-refractivity contribution is 9.10. The summed E-state index contributed by atoms with van der Waals surface area (Å²) in [4.78, 5) is 0. The summed E-state index contributed by atoms with van der Waals surface area (Å²) in [6.45, 7) is 3.54. The molecule has 0 aromatic carbocycles. The lowest BCUT2D eigenvalue weighted by molar-refractivity contribution is 0.524. The Balaban J connectivity index is 3.04. The smallest absolute Gasteiger partial charge is 0.169 e. The number of hydrogen-bond donors (Lipinski definition) is 0. The third kappa shape index (κ3) is 1.06. The van der Waals surface area contributed by atoms with Gasteiger partial charge in [-0.2, -0.15) is 0 Å². The minimum atomic E-state index is 0.687. The quantitative estimate of drug-likeness (QED) is 0.567. The van der Waals surface area contributed by atoms with Crippen LogP contribution >= 0.6 is 15.9 Å². The van der Waals surface area contributed by atoms with Crippen LogP contribution in [0.5, 0.6) is 0 Å². The molecule has 0 fully saturated rings. The van der Waals surface area contributed by atoms with E-state index in [4.69, 9.17) is 4.42 Å². The standard InChI is InChI=1S/C5H4BrO/c1-4-2-3-5(6)7-4/h2-3H,1H2. The predicted octanol–water partition coefficient (Wildman–Crippen LogP) is 2.22. The van der Waals surface area contributed by atoms with Gasteiger partial charge >= 0.3 is 0 Å². The van der Waals surface area contributed by atoms with E-state index >= 15 is 0 Å². The maximum absolute atomic E-state index is 4.89. The Labute approximate surface area is 50.5 Å². The third-order valence-corrected chi connectivity index (χ3v) is 1.06. The molecule has 0 spiro atoms. The van der Waals surface area contributed by atoms with E-state index in [0.717, 1.165) is 4.67 Å². The van der Waals surface area contributed by atoms with Crippen LogP contribution in [0.25, 0.3) is 0 Å². The first kappa shape index (κ1) is 4.91. The molecule has 0 bridgehead atoms. The molecule has 1 nitrogen and oxygen atoms in total. The minimum Gasteiger partial charge on any atom is -0.454 e. The summed E-state index contributed by atoms with van der Waals surface area (Å²) in [7, 11) is 0. The zero-order valence-electron chi connectivity index (χ0n) is 3.65. The van der Waals surface area contributed by atoms with Gasteiger partial charge in [-0.15, -0.1) is 0 Å². The van der Waals surface area contributed by atoms with Crippen LogP contribution in [-0.4, -0.2) is 0 Å². The fourth-order valence-corrected chi connectivity index (χ4v) is 0.692. The summed E-state index contributed by atoms with van der Waals surface area (Å²) in [6.07, 6.45) is 0. The van der Waals surface area contributed by atoms with Crippen molar-refractivity contribution >= 4 is 15.9 Å². The van der Waals surface area contributed by atoms with Gasteiger partial charge in [0.1, 0.15) is 5.76 Å². The maximum atomic E-state index is 4.89. The monoisotopic (exact) mass is 159 g/mol. The third-order valence-electron chi connectivity index (χ3n) is 0.629. The zero-order chi connectivity index (χ0) is 5.28. The molecule has 0 N–H and O–H groups in total. The lowest BCUT2D eigenvalue weighted by Gasteiger charge is -1.74. The first-order valence-corrected chi connectivity index (χ1v) is 2.65. The summed E-state index contributed by atoms with van der Waals surface area (Å²) in [5.41, 5.74) is 0. The molecule has 0 unspecified atom stereocenters. The first-order valence-electron chi connectivity index (χ1n) is 1.86.